The number of β-amino-alcohol motifs (C(OH)–C–C–N with tert-alkyl or cyclic N) is 1. The highest BCUT2D eigenvalue weighted by Gasteiger charge is 2.40. The van der Waals surface area contributed by atoms with Crippen molar-refractivity contribution in [1.82, 2.24) is 34.8 Å². The first-order chi connectivity index (χ1) is 27.4. The summed E-state index contributed by atoms with van der Waals surface area (Å²) in [6, 6.07) is 11.0. The van der Waals surface area contributed by atoms with Crippen LogP contribution >= 0.6 is 0 Å². The first-order valence-corrected chi connectivity index (χ1v) is 20.4. The minimum absolute atomic E-state index is 0.0406. The molecule has 0 aromatic carbocycles. The van der Waals surface area contributed by atoms with E-state index in [2.05, 4.69) is 31.9 Å². The third kappa shape index (κ3) is 13.2. The van der Waals surface area contributed by atoms with Gasteiger partial charge in [0.2, 0.25) is 17.7 Å². The van der Waals surface area contributed by atoms with Crippen LogP contribution in [0.5, 0.6) is 0 Å². The van der Waals surface area contributed by atoms with Gasteiger partial charge in [0.25, 0.3) is 0 Å². The van der Waals surface area contributed by atoms with Crippen LogP contribution in [0, 0.1) is 16.7 Å². The molecule has 3 aromatic rings. The molecule has 0 aliphatic carbocycles. The fourth-order valence-corrected chi connectivity index (χ4v) is 7.37. The normalized spacial score (nSPS) is 19.1. The molecule has 2 aliphatic heterocycles. The van der Waals surface area contributed by atoms with Crippen molar-refractivity contribution >= 4 is 29.2 Å². The highest BCUT2D eigenvalue weighted by molar-refractivity contribution is 5.89. The summed E-state index contributed by atoms with van der Waals surface area (Å²) < 4.78 is 13.2. The second kappa shape index (κ2) is 21.2. The third-order valence-corrected chi connectivity index (χ3v) is 10.5. The van der Waals surface area contributed by atoms with Crippen molar-refractivity contribution in [3.63, 3.8) is 0 Å². The first kappa shape index (κ1) is 43.5. The summed E-state index contributed by atoms with van der Waals surface area (Å²) in [7, 11) is 0. The second-order valence-electron chi connectivity index (χ2n) is 16.4. The zero-order chi connectivity index (χ0) is 40.8. The van der Waals surface area contributed by atoms with E-state index in [9.17, 15) is 24.8 Å². The Bertz CT molecular complexity index is 1820. The SMILES string of the molecule is C[C@@H]1C[C@@H](O)CN1C(=O)[C@@H](NC(=O)COCCCCCOCCCCCNC(=O)CN1CCC(Nc2cccc(-c3cnc4ccc(C#N)cn34)n2)C1)C(C)(C)C. The molecular weight excluding hydrogens is 727 g/mol. The lowest BCUT2D eigenvalue weighted by Crippen LogP contribution is -2.56. The molecule has 4 atom stereocenters. The van der Waals surface area contributed by atoms with E-state index < -0.39 is 17.6 Å². The fraction of sp³-hybridized carbons (Fsp3) is 0.619. The van der Waals surface area contributed by atoms with Crippen LogP contribution < -0.4 is 16.0 Å². The van der Waals surface area contributed by atoms with Gasteiger partial charge in [0.15, 0.2) is 0 Å². The molecule has 3 aromatic heterocycles. The summed E-state index contributed by atoms with van der Waals surface area (Å²) >= 11 is 0. The van der Waals surface area contributed by atoms with Gasteiger partial charge in [0, 0.05) is 64.3 Å². The van der Waals surface area contributed by atoms with Crippen LogP contribution in [-0.2, 0) is 23.9 Å². The summed E-state index contributed by atoms with van der Waals surface area (Å²) in [4.78, 5) is 51.5. The van der Waals surface area contributed by atoms with E-state index >= 15 is 0 Å². The summed E-state index contributed by atoms with van der Waals surface area (Å²) in [5.74, 6) is 0.322. The largest absolute Gasteiger partial charge is 0.391 e. The molecule has 2 saturated heterocycles. The predicted octanol–water partition coefficient (Wildman–Crippen LogP) is 3.76. The Labute approximate surface area is 336 Å². The van der Waals surface area contributed by atoms with Crippen molar-refractivity contribution < 1.29 is 29.0 Å². The van der Waals surface area contributed by atoms with E-state index in [1.165, 1.54) is 0 Å². The standard InChI is InChI=1S/C42H61N9O6/c1-30-22-33(52)27-50(30)41(55)40(42(2,3)4)48-39(54)29-57-21-10-6-9-20-56-19-8-5-7-17-44-38(53)28-49-18-16-32(26-49)46-36-13-11-12-34(47-36)35-24-45-37-15-14-31(23-43)25-51(35)37/h11-15,24-25,30,32-33,40,52H,5-10,16-22,26-29H2,1-4H3,(H,44,53)(H,46,47)(H,48,54)/t30-,32?,33-,40-/m1/s1. The number of aliphatic hydroxyl groups is 1. The number of unbranched alkanes of at least 4 members (excludes halogenated alkanes) is 4. The monoisotopic (exact) mass is 787 g/mol. The van der Waals surface area contributed by atoms with E-state index in [-0.39, 0.29) is 36.4 Å². The van der Waals surface area contributed by atoms with E-state index in [1.54, 1.807) is 23.4 Å². The van der Waals surface area contributed by atoms with Crippen molar-refractivity contribution in [3.8, 4) is 17.5 Å². The lowest BCUT2D eigenvalue weighted by molar-refractivity contribution is -0.141. The van der Waals surface area contributed by atoms with Crippen LogP contribution in [-0.4, -0.2) is 130 Å². The van der Waals surface area contributed by atoms with Crippen LogP contribution in [0.3, 0.4) is 0 Å². The summed E-state index contributed by atoms with van der Waals surface area (Å²) in [5, 5.41) is 28.7. The van der Waals surface area contributed by atoms with Gasteiger partial charge < -0.3 is 35.4 Å². The van der Waals surface area contributed by atoms with Crippen LogP contribution in [0.25, 0.3) is 17.0 Å². The minimum atomic E-state index is -0.691. The maximum Gasteiger partial charge on any atom is 0.246 e. The molecule has 1 unspecified atom stereocenters. The number of nitriles is 1. The van der Waals surface area contributed by atoms with Crippen LogP contribution in [0.2, 0.25) is 0 Å². The topological polar surface area (TPSA) is 186 Å². The van der Waals surface area contributed by atoms with Gasteiger partial charge in [0.05, 0.1) is 35.8 Å². The van der Waals surface area contributed by atoms with Crippen molar-refractivity contribution in [2.75, 3.05) is 64.5 Å². The third-order valence-electron chi connectivity index (χ3n) is 10.5. The zero-order valence-corrected chi connectivity index (χ0v) is 34.0. The van der Waals surface area contributed by atoms with E-state index in [4.69, 9.17) is 14.5 Å². The molecule has 57 heavy (non-hydrogen) atoms. The highest BCUT2D eigenvalue weighted by Crippen LogP contribution is 2.26. The summed E-state index contributed by atoms with van der Waals surface area (Å²) in [5.41, 5.74) is 2.41. The Morgan fingerprint density at radius 2 is 1.75 bits per heavy atom. The number of aromatic nitrogens is 3. The Morgan fingerprint density at radius 1 is 1.00 bits per heavy atom. The number of rotatable bonds is 21. The fourth-order valence-electron chi connectivity index (χ4n) is 7.37. The molecule has 0 bridgehead atoms. The molecule has 0 radical (unpaired) electrons. The molecule has 3 amide bonds. The quantitative estimate of drug-likeness (QED) is 0.115. The highest BCUT2D eigenvalue weighted by atomic mass is 16.5. The number of likely N-dealkylation sites (tertiary alicyclic amines) is 2. The lowest BCUT2D eigenvalue weighted by atomic mass is 9.85. The Balaban J connectivity index is 0.846. The molecule has 15 nitrogen and oxygen atoms in total. The molecule has 0 spiro atoms. The van der Waals surface area contributed by atoms with E-state index in [1.807, 2.05) is 56.4 Å². The smallest absolute Gasteiger partial charge is 0.246 e. The van der Waals surface area contributed by atoms with Gasteiger partial charge >= 0.3 is 0 Å². The number of imidazole rings is 1. The van der Waals surface area contributed by atoms with Crippen LogP contribution in [0.1, 0.15) is 84.6 Å². The molecule has 310 valence electrons. The number of anilines is 1. The molecular formula is C42H61N9O6. The van der Waals surface area contributed by atoms with Gasteiger partial charge in [0.1, 0.15) is 30.2 Å². The first-order valence-electron chi connectivity index (χ1n) is 20.4. The number of fused-ring (bicyclic) bond motifs is 1. The van der Waals surface area contributed by atoms with Crippen molar-refractivity contribution in [1.29, 1.82) is 5.26 Å². The predicted molar refractivity (Wildman–Crippen MR) is 217 cm³/mol. The number of ether oxygens (including phenoxy) is 2. The number of hydrogen-bond donors (Lipinski definition) is 4. The molecule has 15 heteroatoms. The van der Waals surface area contributed by atoms with E-state index in [0.717, 1.165) is 80.9 Å². The van der Waals surface area contributed by atoms with Gasteiger partial charge in [-0.3, -0.25) is 23.7 Å². The number of aliphatic hydroxyl groups excluding tert-OH is 1. The molecule has 5 rings (SSSR count). The minimum Gasteiger partial charge on any atom is -0.391 e. The number of nitrogens with one attached hydrogen (secondary N) is 3. The molecule has 2 fully saturated rings. The molecule has 2 aliphatic rings. The number of carbonyl (C=O) groups is 3. The number of nitrogens with zero attached hydrogens (tertiary/aromatic N) is 6. The van der Waals surface area contributed by atoms with Gasteiger partial charge in [-0.2, -0.15) is 5.26 Å². The summed E-state index contributed by atoms with van der Waals surface area (Å²) in [6.45, 7) is 12.3. The van der Waals surface area contributed by atoms with Crippen molar-refractivity contribution in [2.45, 2.75) is 103 Å². The molecule has 5 heterocycles. The van der Waals surface area contributed by atoms with Gasteiger partial charge in [-0.1, -0.05) is 26.8 Å². The van der Waals surface area contributed by atoms with Crippen molar-refractivity contribution in [2.24, 2.45) is 5.41 Å². The van der Waals surface area contributed by atoms with Gasteiger partial charge in [-0.05, 0) is 88.0 Å². The van der Waals surface area contributed by atoms with Crippen LogP contribution in [0.15, 0.2) is 42.7 Å². The van der Waals surface area contributed by atoms with E-state index in [0.29, 0.717) is 51.4 Å². The summed E-state index contributed by atoms with van der Waals surface area (Å²) in [6.07, 6.45) is 9.96. The average Bonchev–Trinajstić information content (AvgIpc) is 3.90. The maximum atomic E-state index is 13.2. The number of amides is 3. The van der Waals surface area contributed by atoms with Crippen molar-refractivity contribution in [3.05, 3.63) is 48.3 Å². The Morgan fingerprint density at radius 3 is 2.47 bits per heavy atom. The van der Waals surface area contributed by atoms with Gasteiger partial charge in [-0.15, -0.1) is 0 Å². The molecule has 0 saturated carbocycles. The average molecular weight is 788 g/mol. The zero-order valence-electron chi connectivity index (χ0n) is 34.0. The maximum absolute atomic E-state index is 13.2. The number of pyridine rings is 2. The number of carbonyl (C=O) groups excluding carboxylic acids is 3. The van der Waals surface area contributed by atoms with Gasteiger partial charge in [-0.25, -0.2) is 9.97 Å². The lowest BCUT2D eigenvalue weighted by Gasteiger charge is -2.35. The van der Waals surface area contributed by atoms with Crippen LogP contribution in [0.4, 0.5) is 5.82 Å². The Hall–Kier alpha value is -4.62. The number of hydrogen-bond acceptors (Lipinski definition) is 11. The Kier molecular flexibility index (Phi) is 16.2. The molecule has 4 N–H and O–H groups in total. The second-order valence-corrected chi connectivity index (χ2v) is 16.4.